The first-order valence-corrected chi connectivity index (χ1v) is 3.92. The van der Waals surface area contributed by atoms with E-state index in [9.17, 15) is 0 Å². The molecule has 0 bridgehead atoms. The monoisotopic (exact) mass is 149 g/mol. The van der Waals surface area contributed by atoms with Crippen molar-refractivity contribution in [1.29, 1.82) is 0 Å². The minimum atomic E-state index is -0.182. The van der Waals surface area contributed by atoms with E-state index in [0.717, 1.165) is 6.42 Å². The Morgan fingerprint density at radius 2 is 2.00 bits per heavy atom. The van der Waals surface area contributed by atoms with Gasteiger partial charge in [-0.2, -0.15) is 0 Å². The zero-order valence-corrected chi connectivity index (χ0v) is 7.17. The molecule has 0 aromatic carbocycles. The normalized spacial score (nSPS) is 17.9. The molecule has 1 aliphatic carbocycles. The first kappa shape index (κ1) is 8.28. The standard InChI is InChI=1S/C10H15N/c1-10(2,11)9-7-5-3-4-6-8-9/h3-7H,8,11H2,1-2H3. The summed E-state index contributed by atoms with van der Waals surface area (Å²) in [5.74, 6) is 0. The predicted molar refractivity (Wildman–Crippen MR) is 49.2 cm³/mol. The fourth-order valence-electron chi connectivity index (χ4n) is 1.06. The molecular weight excluding hydrogens is 134 g/mol. The van der Waals surface area contributed by atoms with E-state index in [1.54, 1.807) is 0 Å². The van der Waals surface area contributed by atoms with E-state index >= 15 is 0 Å². The highest BCUT2D eigenvalue weighted by molar-refractivity contribution is 5.29. The Balaban J connectivity index is 2.81. The van der Waals surface area contributed by atoms with Gasteiger partial charge in [0.15, 0.2) is 0 Å². The maximum atomic E-state index is 5.94. The molecule has 0 atom stereocenters. The van der Waals surface area contributed by atoms with Gasteiger partial charge in [-0.25, -0.2) is 0 Å². The van der Waals surface area contributed by atoms with E-state index in [-0.39, 0.29) is 5.54 Å². The van der Waals surface area contributed by atoms with E-state index < -0.39 is 0 Å². The molecule has 0 saturated carbocycles. The average molecular weight is 149 g/mol. The molecular formula is C10H15N. The first-order chi connectivity index (χ1) is 5.11. The van der Waals surface area contributed by atoms with Crippen molar-refractivity contribution < 1.29 is 0 Å². The Hall–Kier alpha value is -0.820. The topological polar surface area (TPSA) is 26.0 Å². The lowest BCUT2D eigenvalue weighted by Gasteiger charge is -2.21. The second-order valence-corrected chi connectivity index (χ2v) is 3.43. The van der Waals surface area contributed by atoms with Gasteiger partial charge >= 0.3 is 0 Å². The van der Waals surface area contributed by atoms with Crippen molar-refractivity contribution in [3.63, 3.8) is 0 Å². The van der Waals surface area contributed by atoms with Crippen LogP contribution in [0.25, 0.3) is 0 Å². The van der Waals surface area contributed by atoms with Crippen LogP contribution in [0.5, 0.6) is 0 Å². The van der Waals surface area contributed by atoms with Crippen molar-refractivity contribution in [2.24, 2.45) is 5.73 Å². The third-order valence-corrected chi connectivity index (χ3v) is 1.82. The molecule has 0 aliphatic heterocycles. The molecule has 0 unspecified atom stereocenters. The second-order valence-electron chi connectivity index (χ2n) is 3.43. The van der Waals surface area contributed by atoms with Gasteiger partial charge < -0.3 is 5.73 Å². The van der Waals surface area contributed by atoms with Crippen LogP contribution in [0.1, 0.15) is 20.3 Å². The van der Waals surface area contributed by atoms with Gasteiger partial charge in [0.05, 0.1) is 0 Å². The molecule has 0 aromatic rings. The van der Waals surface area contributed by atoms with Crippen LogP contribution in [0.15, 0.2) is 36.0 Å². The van der Waals surface area contributed by atoms with Gasteiger partial charge in [-0.3, -0.25) is 0 Å². The minimum Gasteiger partial charge on any atom is -0.322 e. The molecule has 0 amide bonds. The van der Waals surface area contributed by atoms with Gasteiger partial charge in [-0.15, -0.1) is 0 Å². The van der Waals surface area contributed by atoms with Gasteiger partial charge in [0.2, 0.25) is 0 Å². The summed E-state index contributed by atoms with van der Waals surface area (Å²) in [6, 6.07) is 0. The minimum absolute atomic E-state index is 0.182. The lowest BCUT2D eigenvalue weighted by molar-refractivity contribution is 0.599. The van der Waals surface area contributed by atoms with Crippen molar-refractivity contribution in [2.75, 3.05) is 0 Å². The Morgan fingerprint density at radius 1 is 1.27 bits per heavy atom. The fourth-order valence-corrected chi connectivity index (χ4v) is 1.06. The molecule has 0 saturated heterocycles. The molecule has 1 nitrogen and oxygen atoms in total. The van der Waals surface area contributed by atoms with Gasteiger partial charge in [0.1, 0.15) is 0 Å². The second kappa shape index (κ2) is 3.05. The zero-order chi connectivity index (χ0) is 8.32. The van der Waals surface area contributed by atoms with Crippen LogP contribution >= 0.6 is 0 Å². The summed E-state index contributed by atoms with van der Waals surface area (Å²) in [4.78, 5) is 0. The third kappa shape index (κ3) is 2.35. The number of rotatable bonds is 1. The molecule has 0 radical (unpaired) electrons. The Kier molecular flexibility index (Phi) is 2.30. The van der Waals surface area contributed by atoms with E-state index in [2.05, 4.69) is 18.2 Å². The van der Waals surface area contributed by atoms with E-state index in [1.807, 2.05) is 26.0 Å². The SMILES string of the molecule is CC(C)(N)C1=CC=CC=CC1. The van der Waals surface area contributed by atoms with Crippen LogP contribution in [0, 0.1) is 0 Å². The van der Waals surface area contributed by atoms with E-state index in [1.165, 1.54) is 5.57 Å². The van der Waals surface area contributed by atoms with Crippen LogP contribution < -0.4 is 5.73 Å². The lowest BCUT2D eigenvalue weighted by Crippen LogP contribution is -2.34. The highest BCUT2D eigenvalue weighted by Gasteiger charge is 2.15. The Labute approximate surface area is 68.3 Å². The summed E-state index contributed by atoms with van der Waals surface area (Å²) in [5.41, 5.74) is 7.04. The molecule has 0 fully saturated rings. The lowest BCUT2D eigenvalue weighted by atomic mass is 9.92. The Bertz CT molecular complexity index is 214. The largest absolute Gasteiger partial charge is 0.322 e. The molecule has 11 heavy (non-hydrogen) atoms. The van der Waals surface area contributed by atoms with Gasteiger partial charge in [0.25, 0.3) is 0 Å². The molecule has 0 aromatic heterocycles. The summed E-state index contributed by atoms with van der Waals surface area (Å²) >= 11 is 0. The average Bonchev–Trinajstić information content (AvgIpc) is 2.10. The van der Waals surface area contributed by atoms with Crippen molar-refractivity contribution in [1.82, 2.24) is 0 Å². The smallest absolute Gasteiger partial charge is 0.0317 e. The molecule has 2 N–H and O–H groups in total. The molecule has 0 spiro atoms. The quantitative estimate of drug-likeness (QED) is 0.607. The summed E-state index contributed by atoms with van der Waals surface area (Å²) in [7, 11) is 0. The fraction of sp³-hybridized carbons (Fsp3) is 0.400. The van der Waals surface area contributed by atoms with Crippen molar-refractivity contribution in [3.8, 4) is 0 Å². The maximum Gasteiger partial charge on any atom is 0.0317 e. The summed E-state index contributed by atoms with van der Waals surface area (Å²) < 4.78 is 0. The molecule has 0 heterocycles. The van der Waals surface area contributed by atoms with Crippen LogP contribution in [0.2, 0.25) is 0 Å². The molecule has 60 valence electrons. The number of nitrogens with two attached hydrogens (primary N) is 1. The predicted octanol–water partition coefficient (Wildman–Crippen LogP) is 2.17. The number of hydrogen-bond acceptors (Lipinski definition) is 1. The van der Waals surface area contributed by atoms with Gasteiger partial charge in [-0.05, 0) is 25.8 Å². The summed E-state index contributed by atoms with van der Waals surface area (Å²) in [6.07, 6.45) is 11.3. The van der Waals surface area contributed by atoms with Crippen molar-refractivity contribution >= 4 is 0 Å². The summed E-state index contributed by atoms with van der Waals surface area (Å²) in [5, 5.41) is 0. The zero-order valence-electron chi connectivity index (χ0n) is 7.17. The van der Waals surface area contributed by atoms with Crippen molar-refractivity contribution in [2.45, 2.75) is 25.8 Å². The highest BCUT2D eigenvalue weighted by atomic mass is 14.7. The van der Waals surface area contributed by atoms with E-state index in [4.69, 9.17) is 5.73 Å². The third-order valence-electron chi connectivity index (χ3n) is 1.82. The van der Waals surface area contributed by atoms with Crippen LogP contribution in [-0.4, -0.2) is 5.54 Å². The van der Waals surface area contributed by atoms with E-state index in [0.29, 0.717) is 0 Å². The first-order valence-electron chi connectivity index (χ1n) is 3.92. The van der Waals surface area contributed by atoms with Gasteiger partial charge in [-0.1, -0.05) is 30.4 Å². The molecule has 1 aliphatic rings. The number of allylic oxidation sites excluding steroid dienone is 5. The maximum absolute atomic E-state index is 5.94. The van der Waals surface area contributed by atoms with Crippen LogP contribution in [0.3, 0.4) is 0 Å². The van der Waals surface area contributed by atoms with Gasteiger partial charge in [0, 0.05) is 5.54 Å². The summed E-state index contributed by atoms with van der Waals surface area (Å²) in [6.45, 7) is 4.07. The highest BCUT2D eigenvalue weighted by Crippen LogP contribution is 2.18. The Morgan fingerprint density at radius 3 is 2.64 bits per heavy atom. The van der Waals surface area contributed by atoms with Crippen molar-refractivity contribution in [3.05, 3.63) is 36.0 Å². The van der Waals surface area contributed by atoms with Crippen LogP contribution in [0.4, 0.5) is 0 Å². The number of hydrogen-bond donors (Lipinski definition) is 1. The molecule has 1 rings (SSSR count). The van der Waals surface area contributed by atoms with Crippen LogP contribution in [-0.2, 0) is 0 Å². The molecule has 1 heteroatoms.